The number of aromatic nitrogens is 2. The van der Waals surface area contributed by atoms with Crippen LogP contribution >= 0.6 is 11.6 Å². The van der Waals surface area contributed by atoms with E-state index in [-0.39, 0.29) is 24.3 Å². The van der Waals surface area contributed by atoms with Gasteiger partial charge in [-0.1, -0.05) is 35.9 Å². The molecule has 0 aliphatic heterocycles. The first-order chi connectivity index (χ1) is 11.6. The molecule has 0 aliphatic carbocycles. The summed E-state index contributed by atoms with van der Waals surface area (Å²) in [6.07, 6.45) is -0.0322. The van der Waals surface area contributed by atoms with Crippen molar-refractivity contribution < 1.29 is 4.79 Å². The molecule has 3 rings (SSSR count). The topological polar surface area (TPSA) is 90.0 Å². The fourth-order valence-corrected chi connectivity index (χ4v) is 2.75. The quantitative estimate of drug-likeness (QED) is 0.543. The van der Waals surface area contributed by atoms with Crippen molar-refractivity contribution in [1.82, 2.24) is 15.0 Å². The number of halogens is 1. The molecule has 0 fully saturated rings. The Morgan fingerprint density at radius 3 is 2.62 bits per heavy atom. The van der Waals surface area contributed by atoms with Crippen LogP contribution in [0.15, 0.2) is 53.3 Å². The van der Waals surface area contributed by atoms with Gasteiger partial charge in [0.2, 0.25) is 0 Å². The summed E-state index contributed by atoms with van der Waals surface area (Å²) in [5.74, 6) is 5.34. The fraction of sp³-hybridized carbons (Fsp3) is 0.118. The molecule has 6 nitrogen and oxygen atoms in total. The van der Waals surface area contributed by atoms with E-state index in [1.807, 2.05) is 0 Å². The van der Waals surface area contributed by atoms with Crippen LogP contribution in [-0.2, 0) is 11.2 Å². The van der Waals surface area contributed by atoms with Gasteiger partial charge in [-0.05, 0) is 24.3 Å². The van der Waals surface area contributed by atoms with E-state index in [2.05, 4.69) is 10.4 Å². The lowest BCUT2D eigenvalue weighted by molar-refractivity contribution is -0.117. The number of ketones is 1. The summed E-state index contributed by atoms with van der Waals surface area (Å²) in [6, 6.07) is 14.0. The van der Waals surface area contributed by atoms with Crippen molar-refractivity contribution in [3.63, 3.8) is 0 Å². The summed E-state index contributed by atoms with van der Waals surface area (Å²) in [4.78, 5) is 29.4. The number of para-hydroxylation sites is 2. The number of nitrogens with zero attached hydrogens (tertiary/aromatic N) is 2. The summed E-state index contributed by atoms with van der Waals surface area (Å²) in [5, 5.41) is 0.868. The summed E-state index contributed by atoms with van der Waals surface area (Å²) in [7, 11) is 0. The first-order valence-electron chi connectivity index (χ1n) is 7.32. The molecule has 0 atom stereocenters. The molecule has 0 spiro atoms. The van der Waals surface area contributed by atoms with E-state index in [4.69, 9.17) is 17.4 Å². The number of rotatable bonds is 5. The lowest BCUT2D eigenvalue weighted by Crippen LogP contribution is -2.32. The highest BCUT2D eigenvalue weighted by molar-refractivity contribution is 6.32. The molecule has 1 aromatic heterocycles. The number of hydrogen-bond donors (Lipinski definition) is 2. The van der Waals surface area contributed by atoms with Crippen LogP contribution in [-0.4, -0.2) is 21.9 Å². The van der Waals surface area contributed by atoms with Crippen LogP contribution in [0, 0.1) is 0 Å². The number of carbonyl (C=O) groups excluding carboxylic acids is 1. The molecule has 0 bridgehead atoms. The van der Waals surface area contributed by atoms with Gasteiger partial charge in [0.15, 0.2) is 5.78 Å². The molecule has 3 aromatic rings. The number of hydrogen-bond acceptors (Lipinski definition) is 5. The van der Waals surface area contributed by atoms with Gasteiger partial charge in [0.05, 0.1) is 34.6 Å². The first kappa shape index (κ1) is 16.3. The number of fused-ring (bicyclic) bond motifs is 1. The van der Waals surface area contributed by atoms with Crippen LogP contribution in [0.3, 0.4) is 0 Å². The zero-order valence-electron chi connectivity index (χ0n) is 12.7. The fourth-order valence-electron chi connectivity index (χ4n) is 2.53. The maximum atomic E-state index is 13.0. The van der Waals surface area contributed by atoms with Crippen LogP contribution in [0.2, 0.25) is 5.02 Å². The molecule has 0 aliphatic rings. The number of nitrogens with one attached hydrogen (secondary N) is 1. The lowest BCUT2D eigenvalue weighted by Gasteiger charge is -2.14. The second-order valence-corrected chi connectivity index (χ2v) is 5.64. The van der Waals surface area contributed by atoms with Gasteiger partial charge < -0.3 is 0 Å². The Balaban J connectivity index is 2.28. The molecule has 1 heterocycles. The highest BCUT2D eigenvalue weighted by atomic mass is 35.5. The highest BCUT2D eigenvalue weighted by Crippen LogP contribution is 2.21. The standard InChI is InChI=1S/C17H15ClN4O2/c18-13-6-2-4-8-15(13)22-16(9-11(23)10-20-19)21-14-7-3-1-5-12(14)17(22)24/h1-8,20H,9-10,19H2. The third-order valence-corrected chi connectivity index (χ3v) is 3.91. The van der Waals surface area contributed by atoms with E-state index in [1.165, 1.54) is 4.57 Å². The average molecular weight is 343 g/mol. The molecule has 0 saturated carbocycles. The normalized spacial score (nSPS) is 10.9. The number of carbonyl (C=O) groups is 1. The maximum Gasteiger partial charge on any atom is 0.266 e. The summed E-state index contributed by atoms with van der Waals surface area (Å²) >= 11 is 6.25. The largest absolute Gasteiger partial charge is 0.298 e. The minimum Gasteiger partial charge on any atom is -0.298 e. The van der Waals surface area contributed by atoms with Gasteiger partial charge in [0.1, 0.15) is 5.82 Å². The zero-order valence-corrected chi connectivity index (χ0v) is 13.5. The number of nitrogens with two attached hydrogens (primary N) is 1. The third kappa shape index (κ3) is 3.07. The highest BCUT2D eigenvalue weighted by Gasteiger charge is 2.16. The monoisotopic (exact) mass is 342 g/mol. The van der Waals surface area contributed by atoms with Crippen molar-refractivity contribution in [2.24, 2.45) is 5.84 Å². The Hall–Kier alpha value is -2.54. The molecule has 0 amide bonds. The van der Waals surface area contributed by atoms with Gasteiger partial charge in [-0.15, -0.1) is 0 Å². The molecule has 0 saturated heterocycles. The molecule has 0 radical (unpaired) electrons. The molecule has 0 unspecified atom stereocenters. The van der Waals surface area contributed by atoms with E-state index in [0.717, 1.165) is 0 Å². The molecule has 122 valence electrons. The first-order valence-corrected chi connectivity index (χ1v) is 7.70. The van der Waals surface area contributed by atoms with Crippen LogP contribution in [0.1, 0.15) is 5.82 Å². The number of benzene rings is 2. The molecule has 3 N–H and O–H groups in total. The van der Waals surface area contributed by atoms with Crippen LogP contribution < -0.4 is 16.8 Å². The maximum absolute atomic E-state index is 13.0. The molecule has 24 heavy (non-hydrogen) atoms. The van der Waals surface area contributed by atoms with Crippen molar-refractivity contribution in [3.8, 4) is 5.69 Å². The molecular weight excluding hydrogens is 328 g/mol. The van der Waals surface area contributed by atoms with Gasteiger partial charge in [0, 0.05) is 0 Å². The van der Waals surface area contributed by atoms with Gasteiger partial charge in [-0.25, -0.2) is 4.98 Å². The van der Waals surface area contributed by atoms with Gasteiger partial charge in [0.25, 0.3) is 5.56 Å². The number of Topliss-reactive ketones (excluding diaryl/α,β-unsaturated/α-hetero) is 1. The Kier molecular flexibility index (Phi) is 4.71. The summed E-state index contributed by atoms with van der Waals surface area (Å²) < 4.78 is 1.39. The minimum atomic E-state index is -0.266. The Bertz CT molecular complexity index is 968. The van der Waals surface area contributed by atoms with Gasteiger partial charge in [-0.3, -0.25) is 25.4 Å². The van der Waals surface area contributed by atoms with Crippen LogP contribution in [0.25, 0.3) is 16.6 Å². The van der Waals surface area contributed by atoms with E-state index in [9.17, 15) is 9.59 Å². The molecular formula is C17H15ClN4O2. The molecule has 2 aromatic carbocycles. The van der Waals surface area contributed by atoms with Crippen molar-refractivity contribution >= 4 is 28.3 Å². The van der Waals surface area contributed by atoms with E-state index >= 15 is 0 Å². The van der Waals surface area contributed by atoms with E-state index in [1.54, 1.807) is 48.5 Å². The predicted octanol–water partition coefficient (Wildman–Crippen LogP) is 1.61. The smallest absolute Gasteiger partial charge is 0.266 e. The SMILES string of the molecule is NNCC(=O)Cc1nc2ccccc2c(=O)n1-c1ccccc1Cl. The Morgan fingerprint density at radius 1 is 1.17 bits per heavy atom. The summed E-state index contributed by atoms with van der Waals surface area (Å²) in [5.41, 5.74) is 3.08. The second kappa shape index (κ2) is 6.92. The van der Waals surface area contributed by atoms with E-state index in [0.29, 0.717) is 27.4 Å². The Morgan fingerprint density at radius 2 is 1.88 bits per heavy atom. The van der Waals surface area contributed by atoms with Crippen molar-refractivity contribution in [2.45, 2.75) is 6.42 Å². The van der Waals surface area contributed by atoms with Crippen molar-refractivity contribution in [2.75, 3.05) is 6.54 Å². The van der Waals surface area contributed by atoms with Gasteiger partial charge in [-0.2, -0.15) is 0 Å². The Labute approximate surface area is 142 Å². The van der Waals surface area contributed by atoms with Crippen LogP contribution in [0.5, 0.6) is 0 Å². The van der Waals surface area contributed by atoms with Crippen molar-refractivity contribution in [3.05, 3.63) is 69.7 Å². The average Bonchev–Trinajstić information content (AvgIpc) is 2.57. The summed E-state index contributed by atoms with van der Waals surface area (Å²) in [6.45, 7) is -0.00871. The van der Waals surface area contributed by atoms with E-state index < -0.39 is 0 Å². The van der Waals surface area contributed by atoms with Crippen molar-refractivity contribution in [1.29, 1.82) is 0 Å². The predicted molar refractivity (Wildman–Crippen MR) is 93.3 cm³/mol. The molecule has 7 heteroatoms. The zero-order chi connectivity index (χ0) is 17.1. The second-order valence-electron chi connectivity index (χ2n) is 5.23. The van der Waals surface area contributed by atoms with Crippen LogP contribution in [0.4, 0.5) is 0 Å². The third-order valence-electron chi connectivity index (χ3n) is 3.59. The van der Waals surface area contributed by atoms with Gasteiger partial charge >= 0.3 is 0 Å². The minimum absolute atomic E-state index is 0.00871. The number of hydrazine groups is 1. The lowest BCUT2D eigenvalue weighted by atomic mass is 10.2.